The minimum absolute atomic E-state index is 0.0147. The molecule has 0 spiro atoms. The molecule has 1 aromatic rings. The summed E-state index contributed by atoms with van der Waals surface area (Å²) in [5.74, 6) is 0.485. The van der Waals surface area contributed by atoms with Gasteiger partial charge in [0.15, 0.2) is 5.78 Å². The van der Waals surface area contributed by atoms with Crippen molar-refractivity contribution in [2.24, 2.45) is 5.92 Å². The highest BCUT2D eigenvalue weighted by Crippen LogP contribution is 2.30. The molecule has 17 heavy (non-hydrogen) atoms. The van der Waals surface area contributed by atoms with Crippen LogP contribution in [0.15, 0.2) is 24.3 Å². The number of benzene rings is 1. The van der Waals surface area contributed by atoms with Gasteiger partial charge in [0, 0.05) is 18.0 Å². The zero-order valence-corrected chi connectivity index (χ0v) is 9.69. The van der Waals surface area contributed by atoms with E-state index < -0.39 is 0 Å². The van der Waals surface area contributed by atoms with Gasteiger partial charge >= 0.3 is 0 Å². The predicted molar refractivity (Wildman–Crippen MR) is 63.8 cm³/mol. The van der Waals surface area contributed by atoms with E-state index in [1.165, 1.54) is 0 Å². The van der Waals surface area contributed by atoms with E-state index in [0.29, 0.717) is 13.1 Å². The molecule has 0 atom stereocenters. The summed E-state index contributed by atoms with van der Waals surface area (Å²) in [6.45, 7) is 0.978. The van der Waals surface area contributed by atoms with Crippen LogP contribution in [-0.4, -0.2) is 29.7 Å². The first-order chi connectivity index (χ1) is 8.25. The average molecular weight is 229 g/mol. The summed E-state index contributed by atoms with van der Waals surface area (Å²) < 4.78 is 0. The van der Waals surface area contributed by atoms with Gasteiger partial charge in [0.2, 0.25) is 0 Å². The first-order valence-electron chi connectivity index (χ1n) is 6.15. The molecule has 0 saturated heterocycles. The maximum atomic E-state index is 12.2. The van der Waals surface area contributed by atoms with E-state index >= 15 is 0 Å². The monoisotopic (exact) mass is 229 g/mol. The number of nitrogens with zero attached hydrogens (tertiary/aromatic N) is 1. The SMILES string of the molecule is O=C(CN1CCc2ccccc2C1=O)C1CC1. The smallest absolute Gasteiger partial charge is 0.254 e. The predicted octanol–water partition coefficient (Wildman–Crippen LogP) is 1.66. The average Bonchev–Trinajstić information content (AvgIpc) is 3.17. The third kappa shape index (κ3) is 1.97. The number of fused-ring (bicyclic) bond motifs is 1. The Labute approximate surface area is 100 Å². The Morgan fingerprint density at radius 3 is 2.82 bits per heavy atom. The van der Waals surface area contributed by atoms with Crippen molar-refractivity contribution in [1.82, 2.24) is 4.90 Å². The summed E-state index contributed by atoms with van der Waals surface area (Å²) in [6.07, 6.45) is 2.88. The maximum absolute atomic E-state index is 12.2. The number of carbonyl (C=O) groups is 2. The molecule has 88 valence electrons. The summed E-state index contributed by atoms with van der Waals surface area (Å²) in [6, 6.07) is 7.68. The van der Waals surface area contributed by atoms with E-state index in [0.717, 1.165) is 30.4 Å². The summed E-state index contributed by atoms with van der Waals surface area (Å²) in [5, 5.41) is 0. The topological polar surface area (TPSA) is 37.4 Å². The third-order valence-electron chi connectivity index (χ3n) is 3.57. The quantitative estimate of drug-likeness (QED) is 0.790. The first-order valence-corrected chi connectivity index (χ1v) is 6.15. The Morgan fingerprint density at radius 1 is 1.29 bits per heavy atom. The highest BCUT2D eigenvalue weighted by atomic mass is 16.2. The van der Waals surface area contributed by atoms with Crippen molar-refractivity contribution in [2.45, 2.75) is 19.3 Å². The first kappa shape index (κ1) is 10.5. The Balaban J connectivity index is 1.77. The Morgan fingerprint density at radius 2 is 2.06 bits per heavy atom. The second kappa shape index (κ2) is 3.99. The molecule has 1 aliphatic heterocycles. The summed E-state index contributed by atoms with van der Waals surface area (Å²) in [5.41, 5.74) is 1.87. The van der Waals surface area contributed by atoms with Crippen LogP contribution in [-0.2, 0) is 11.2 Å². The molecule has 1 amide bonds. The molecule has 0 aromatic heterocycles. The molecule has 3 rings (SSSR count). The van der Waals surface area contributed by atoms with Crippen LogP contribution in [0.5, 0.6) is 0 Å². The minimum Gasteiger partial charge on any atom is -0.331 e. The molecule has 0 radical (unpaired) electrons. The van der Waals surface area contributed by atoms with Crippen LogP contribution < -0.4 is 0 Å². The van der Waals surface area contributed by atoms with Gasteiger partial charge in [0.25, 0.3) is 5.91 Å². The van der Waals surface area contributed by atoms with Gasteiger partial charge in [0.1, 0.15) is 0 Å². The third-order valence-corrected chi connectivity index (χ3v) is 3.57. The van der Waals surface area contributed by atoms with E-state index in [9.17, 15) is 9.59 Å². The lowest BCUT2D eigenvalue weighted by atomic mass is 9.99. The maximum Gasteiger partial charge on any atom is 0.254 e. The van der Waals surface area contributed by atoms with Crippen LogP contribution >= 0.6 is 0 Å². The van der Waals surface area contributed by atoms with Gasteiger partial charge < -0.3 is 4.90 Å². The highest BCUT2D eigenvalue weighted by molar-refractivity contribution is 5.99. The van der Waals surface area contributed by atoms with Gasteiger partial charge in [0.05, 0.1) is 6.54 Å². The largest absolute Gasteiger partial charge is 0.331 e. The summed E-state index contributed by atoms with van der Waals surface area (Å²) >= 11 is 0. The zero-order valence-electron chi connectivity index (χ0n) is 9.69. The van der Waals surface area contributed by atoms with Crippen LogP contribution in [0.3, 0.4) is 0 Å². The molecule has 1 aromatic carbocycles. The van der Waals surface area contributed by atoms with Gasteiger partial charge in [-0.3, -0.25) is 9.59 Å². The van der Waals surface area contributed by atoms with Crippen molar-refractivity contribution in [1.29, 1.82) is 0 Å². The molecule has 3 heteroatoms. The van der Waals surface area contributed by atoms with Gasteiger partial charge in [-0.05, 0) is 30.9 Å². The van der Waals surface area contributed by atoms with E-state index in [4.69, 9.17) is 0 Å². The number of carbonyl (C=O) groups excluding carboxylic acids is 2. The van der Waals surface area contributed by atoms with E-state index in [1.54, 1.807) is 4.90 Å². The fourth-order valence-electron chi connectivity index (χ4n) is 2.35. The Bertz CT molecular complexity index is 477. The van der Waals surface area contributed by atoms with Crippen molar-refractivity contribution in [2.75, 3.05) is 13.1 Å². The van der Waals surface area contributed by atoms with Crippen LogP contribution in [0.4, 0.5) is 0 Å². The van der Waals surface area contributed by atoms with Gasteiger partial charge in [-0.2, -0.15) is 0 Å². The van der Waals surface area contributed by atoms with Gasteiger partial charge in [-0.1, -0.05) is 18.2 Å². The van der Waals surface area contributed by atoms with Crippen molar-refractivity contribution in [3.8, 4) is 0 Å². The van der Waals surface area contributed by atoms with Crippen LogP contribution in [0.1, 0.15) is 28.8 Å². The lowest BCUT2D eigenvalue weighted by Gasteiger charge is -2.27. The molecule has 0 unspecified atom stereocenters. The van der Waals surface area contributed by atoms with Gasteiger partial charge in [-0.25, -0.2) is 0 Å². The lowest BCUT2D eigenvalue weighted by molar-refractivity contribution is -0.121. The molecule has 1 aliphatic carbocycles. The number of Topliss-reactive ketones (excluding diaryl/α,β-unsaturated/α-hetero) is 1. The number of hydrogen-bond acceptors (Lipinski definition) is 2. The minimum atomic E-state index is 0.0147. The number of hydrogen-bond donors (Lipinski definition) is 0. The second-order valence-electron chi connectivity index (χ2n) is 4.87. The zero-order chi connectivity index (χ0) is 11.8. The molecule has 3 nitrogen and oxygen atoms in total. The van der Waals surface area contributed by atoms with Crippen LogP contribution in [0.25, 0.3) is 0 Å². The normalized spacial score (nSPS) is 19.1. The molecule has 0 N–H and O–H groups in total. The van der Waals surface area contributed by atoms with Crippen molar-refractivity contribution in [3.63, 3.8) is 0 Å². The van der Waals surface area contributed by atoms with Crippen LogP contribution in [0.2, 0.25) is 0 Å². The standard InChI is InChI=1S/C14H15NO2/c16-13(11-5-6-11)9-15-8-7-10-3-1-2-4-12(10)14(15)17/h1-4,11H,5-9H2. The Hall–Kier alpha value is -1.64. The number of rotatable bonds is 3. The molecular formula is C14H15NO2. The number of ketones is 1. The molecular weight excluding hydrogens is 214 g/mol. The van der Waals surface area contributed by atoms with E-state index in [1.807, 2.05) is 24.3 Å². The van der Waals surface area contributed by atoms with Crippen molar-refractivity contribution >= 4 is 11.7 Å². The van der Waals surface area contributed by atoms with E-state index in [-0.39, 0.29) is 17.6 Å². The highest BCUT2D eigenvalue weighted by Gasteiger charge is 2.33. The molecule has 1 fully saturated rings. The number of amides is 1. The molecule has 1 heterocycles. The Kier molecular flexibility index (Phi) is 2.46. The summed E-state index contributed by atoms with van der Waals surface area (Å²) in [7, 11) is 0. The van der Waals surface area contributed by atoms with Gasteiger partial charge in [-0.15, -0.1) is 0 Å². The molecule has 0 bridgehead atoms. The molecule has 1 saturated carbocycles. The van der Waals surface area contributed by atoms with Crippen LogP contribution in [0, 0.1) is 5.92 Å². The fraction of sp³-hybridized carbons (Fsp3) is 0.429. The fourth-order valence-corrected chi connectivity index (χ4v) is 2.35. The van der Waals surface area contributed by atoms with Crippen molar-refractivity contribution < 1.29 is 9.59 Å². The molecule has 2 aliphatic rings. The van der Waals surface area contributed by atoms with Crippen molar-refractivity contribution in [3.05, 3.63) is 35.4 Å². The lowest BCUT2D eigenvalue weighted by Crippen LogP contribution is -2.41. The second-order valence-corrected chi connectivity index (χ2v) is 4.87. The van der Waals surface area contributed by atoms with E-state index in [2.05, 4.69) is 0 Å². The summed E-state index contributed by atoms with van der Waals surface area (Å²) in [4.78, 5) is 25.6.